The van der Waals surface area contributed by atoms with Gasteiger partial charge in [0, 0.05) is 0 Å². The summed E-state index contributed by atoms with van der Waals surface area (Å²) < 4.78 is 0. The van der Waals surface area contributed by atoms with Gasteiger partial charge in [0.2, 0.25) is 0 Å². The molecule has 0 N–H and O–H groups in total. The van der Waals surface area contributed by atoms with Gasteiger partial charge in [-0.05, 0) is 0 Å². The van der Waals surface area contributed by atoms with Gasteiger partial charge in [0.15, 0.2) is 0 Å². The fourth-order valence-electron chi connectivity index (χ4n) is 1.83. The predicted octanol–water partition coefficient (Wildman–Crippen LogP) is 5.71. The Balaban J connectivity index is 0.000000135. The summed E-state index contributed by atoms with van der Waals surface area (Å²) in [6.07, 6.45) is 9.00. The van der Waals surface area contributed by atoms with Gasteiger partial charge in [-0.2, -0.15) is 0 Å². The lowest BCUT2D eigenvalue weighted by molar-refractivity contribution is 0.504. The topological polar surface area (TPSA) is 0 Å². The predicted molar refractivity (Wildman–Crippen MR) is 80.6 cm³/mol. The van der Waals surface area contributed by atoms with Crippen LogP contribution in [0.3, 0.4) is 0 Å². The normalized spacial score (nSPS) is 13.3. The zero-order valence-corrected chi connectivity index (χ0v) is 11.2. The molecule has 1 aliphatic carbocycles. The van der Waals surface area contributed by atoms with Gasteiger partial charge in [0.05, 0.1) is 0 Å². The summed E-state index contributed by atoms with van der Waals surface area (Å²) in [5, 5.41) is 0. The molecule has 0 aromatic heterocycles. The molecule has 0 heteroatoms. The second-order valence-electron chi connectivity index (χ2n) is 4.43. The van der Waals surface area contributed by atoms with Gasteiger partial charge in [-0.1, -0.05) is 111 Å². The van der Waals surface area contributed by atoms with Crippen molar-refractivity contribution in [1.29, 1.82) is 0 Å². The second kappa shape index (κ2) is 11.9. The van der Waals surface area contributed by atoms with Crippen LogP contribution in [0.2, 0.25) is 0 Å². The minimum atomic E-state index is 1.50. The maximum Gasteiger partial charge on any atom is -0.0533 e. The molecule has 1 fully saturated rings. The summed E-state index contributed by atoms with van der Waals surface area (Å²) in [7, 11) is 0. The smallest absolute Gasteiger partial charge is 0.0533 e. The first-order valence-corrected chi connectivity index (χ1v) is 7.00. The molecule has 3 rings (SSSR count). The Kier molecular flexibility index (Phi) is 9.60. The van der Waals surface area contributed by atoms with Crippen molar-refractivity contribution in [3.05, 3.63) is 72.8 Å². The lowest BCUT2D eigenvalue weighted by atomic mass is 10.0. The molecular formula is C18H24. The van der Waals surface area contributed by atoms with Crippen molar-refractivity contribution in [2.24, 2.45) is 0 Å². The average molecular weight is 240 g/mol. The summed E-state index contributed by atoms with van der Waals surface area (Å²) >= 11 is 0. The SMILES string of the molecule is C1CCCCC1.c1ccccc1.c1ccccc1. The molecule has 0 radical (unpaired) electrons. The van der Waals surface area contributed by atoms with E-state index in [4.69, 9.17) is 0 Å². The van der Waals surface area contributed by atoms with Crippen LogP contribution in [0.15, 0.2) is 72.8 Å². The third-order valence-corrected chi connectivity index (χ3v) is 2.83. The standard InChI is InChI=1S/C6H12.2C6H6/c3*1-2-4-6-5-3-1/h1-6H2;2*1-6H. The quantitative estimate of drug-likeness (QED) is 0.553. The highest BCUT2D eigenvalue weighted by Gasteiger charge is 1.95. The Hall–Kier alpha value is -1.56. The van der Waals surface area contributed by atoms with Crippen LogP contribution >= 0.6 is 0 Å². The zero-order chi connectivity index (χ0) is 12.7. The molecule has 96 valence electrons. The Morgan fingerprint density at radius 3 is 0.444 bits per heavy atom. The number of hydrogen-bond acceptors (Lipinski definition) is 0. The average Bonchev–Trinajstić information content (AvgIpc) is 2.54. The zero-order valence-electron chi connectivity index (χ0n) is 11.2. The Morgan fingerprint density at radius 1 is 0.222 bits per heavy atom. The Bertz CT molecular complexity index is 239. The van der Waals surface area contributed by atoms with Gasteiger partial charge in [-0.3, -0.25) is 0 Å². The maximum absolute atomic E-state index is 2.00. The van der Waals surface area contributed by atoms with E-state index in [-0.39, 0.29) is 0 Å². The van der Waals surface area contributed by atoms with Crippen LogP contribution in [0.4, 0.5) is 0 Å². The number of hydrogen-bond donors (Lipinski definition) is 0. The van der Waals surface area contributed by atoms with E-state index in [0.29, 0.717) is 0 Å². The summed E-state index contributed by atoms with van der Waals surface area (Å²) in [6, 6.07) is 24.0. The minimum Gasteiger partial charge on any atom is -0.0623 e. The van der Waals surface area contributed by atoms with E-state index in [1.807, 2.05) is 72.8 Å². The van der Waals surface area contributed by atoms with Crippen molar-refractivity contribution in [2.45, 2.75) is 38.5 Å². The molecule has 2 aromatic carbocycles. The fraction of sp³-hybridized carbons (Fsp3) is 0.333. The molecule has 0 nitrogen and oxygen atoms in total. The monoisotopic (exact) mass is 240 g/mol. The molecule has 0 saturated heterocycles. The van der Waals surface area contributed by atoms with Gasteiger partial charge in [0.25, 0.3) is 0 Å². The van der Waals surface area contributed by atoms with Crippen LogP contribution in [-0.2, 0) is 0 Å². The lowest BCUT2D eigenvalue weighted by Crippen LogP contribution is -1.85. The molecule has 0 bridgehead atoms. The maximum atomic E-state index is 2.00. The highest BCUT2D eigenvalue weighted by atomic mass is 14.0. The fourth-order valence-corrected chi connectivity index (χ4v) is 1.83. The van der Waals surface area contributed by atoms with E-state index < -0.39 is 0 Å². The van der Waals surface area contributed by atoms with Gasteiger partial charge < -0.3 is 0 Å². The minimum absolute atomic E-state index is 1.50. The van der Waals surface area contributed by atoms with Crippen molar-refractivity contribution in [2.75, 3.05) is 0 Å². The van der Waals surface area contributed by atoms with Crippen LogP contribution < -0.4 is 0 Å². The highest BCUT2D eigenvalue weighted by molar-refractivity contribution is 4.99. The van der Waals surface area contributed by atoms with E-state index in [1.165, 1.54) is 38.5 Å². The molecule has 0 spiro atoms. The number of benzene rings is 2. The van der Waals surface area contributed by atoms with Crippen LogP contribution in [-0.4, -0.2) is 0 Å². The lowest BCUT2D eigenvalue weighted by Gasteiger charge is -2.05. The first-order chi connectivity index (χ1) is 9.00. The Labute approximate surface area is 112 Å². The van der Waals surface area contributed by atoms with Crippen molar-refractivity contribution in [1.82, 2.24) is 0 Å². The van der Waals surface area contributed by atoms with Crippen molar-refractivity contribution >= 4 is 0 Å². The van der Waals surface area contributed by atoms with Crippen molar-refractivity contribution in [3.63, 3.8) is 0 Å². The molecule has 1 saturated carbocycles. The van der Waals surface area contributed by atoms with Gasteiger partial charge >= 0.3 is 0 Å². The molecule has 18 heavy (non-hydrogen) atoms. The van der Waals surface area contributed by atoms with E-state index in [2.05, 4.69) is 0 Å². The molecule has 2 aromatic rings. The van der Waals surface area contributed by atoms with Crippen LogP contribution in [0.25, 0.3) is 0 Å². The molecule has 0 unspecified atom stereocenters. The Morgan fingerprint density at radius 2 is 0.333 bits per heavy atom. The van der Waals surface area contributed by atoms with Crippen molar-refractivity contribution in [3.8, 4) is 0 Å². The molecule has 0 atom stereocenters. The second-order valence-corrected chi connectivity index (χ2v) is 4.43. The summed E-state index contributed by atoms with van der Waals surface area (Å²) in [5.74, 6) is 0. The van der Waals surface area contributed by atoms with E-state index >= 15 is 0 Å². The summed E-state index contributed by atoms with van der Waals surface area (Å²) in [4.78, 5) is 0. The third kappa shape index (κ3) is 9.65. The molecule has 1 aliphatic rings. The van der Waals surface area contributed by atoms with E-state index in [0.717, 1.165) is 0 Å². The van der Waals surface area contributed by atoms with Crippen molar-refractivity contribution < 1.29 is 0 Å². The molecular weight excluding hydrogens is 216 g/mol. The number of rotatable bonds is 0. The summed E-state index contributed by atoms with van der Waals surface area (Å²) in [6.45, 7) is 0. The van der Waals surface area contributed by atoms with E-state index in [9.17, 15) is 0 Å². The third-order valence-electron chi connectivity index (χ3n) is 2.83. The van der Waals surface area contributed by atoms with Crippen LogP contribution in [0.1, 0.15) is 38.5 Å². The van der Waals surface area contributed by atoms with Crippen LogP contribution in [0.5, 0.6) is 0 Å². The first kappa shape index (κ1) is 14.5. The van der Waals surface area contributed by atoms with Gasteiger partial charge in [0.1, 0.15) is 0 Å². The summed E-state index contributed by atoms with van der Waals surface area (Å²) in [5.41, 5.74) is 0. The van der Waals surface area contributed by atoms with Gasteiger partial charge in [-0.15, -0.1) is 0 Å². The first-order valence-electron chi connectivity index (χ1n) is 7.00. The highest BCUT2D eigenvalue weighted by Crippen LogP contribution is 2.15. The van der Waals surface area contributed by atoms with Gasteiger partial charge in [-0.25, -0.2) is 0 Å². The van der Waals surface area contributed by atoms with Crippen LogP contribution in [0, 0.1) is 0 Å². The molecule has 0 aliphatic heterocycles. The van der Waals surface area contributed by atoms with E-state index in [1.54, 1.807) is 0 Å². The largest absolute Gasteiger partial charge is 0.0623 e. The molecule has 0 amide bonds. The molecule has 0 heterocycles.